The van der Waals surface area contributed by atoms with E-state index in [1.807, 2.05) is 29.5 Å². The lowest BCUT2D eigenvalue weighted by molar-refractivity contribution is 0.141. The largest absolute Gasteiger partial charge is 0.444 e. The minimum absolute atomic E-state index is 0.305. The number of carbonyl (C=O) groups is 1. The fourth-order valence-corrected chi connectivity index (χ4v) is 2.55. The summed E-state index contributed by atoms with van der Waals surface area (Å²) in [5.41, 5.74) is 2.12. The quantitative estimate of drug-likeness (QED) is 0.801. The highest BCUT2D eigenvalue weighted by molar-refractivity contribution is 14.1. The SMILES string of the molecule is Cc1nn[nH]c1C[C@@H]1CN(c2ccc(I)c(F)c2)C(=O)O1. The molecule has 3 rings (SSSR count). The first-order valence-electron chi connectivity index (χ1n) is 6.34. The molecule has 8 heteroatoms. The minimum Gasteiger partial charge on any atom is -0.444 e. The van der Waals surface area contributed by atoms with Crippen molar-refractivity contribution in [2.45, 2.75) is 19.4 Å². The number of amides is 1. The van der Waals surface area contributed by atoms with Crippen LogP contribution in [0.4, 0.5) is 14.9 Å². The number of nitrogens with zero attached hydrogens (tertiary/aromatic N) is 3. The van der Waals surface area contributed by atoms with Gasteiger partial charge in [0.05, 0.1) is 23.6 Å². The number of benzene rings is 1. The molecule has 1 aromatic heterocycles. The Bertz CT molecular complexity index is 691. The topological polar surface area (TPSA) is 71.1 Å². The molecular formula is C13H12FIN4O2. The van der Waals surface area contributed by atoms with Gasteiger partial charge in [-0.2, -0.15) is 0 Å². The van der Waals surface area contributed by atoms with Crippen LogP contribution in [0.1, 0.15) is 11.4 Å². The molecule has 1 saturated heterocycles. The number of hydrogen-bond donors (Lipinski definition) is 1. The van der Waals surface area contributed by atoms with Gasteiger partial charge in [0.2, 0.25) is 0 Å². The number of aromatic amines is 1. The second-order valence-corrected chi connectivity index (χ2v) is 5.96. The molecule has 1 aromatic carbocycles. The van der Waals surface area contributed by atoms with E-state index in [4.69, 9.17) is 4.74 Å². The van der Waals surface area contributed by atoms with Crippen molar-refractivity contribution in [3.63, 3.8) is 0 Å². The van der Waals surface area contributed by atoms with Crippen molar-refractivity contribution in [2.75, 3.05) is 11.4 Å². The zero-order valence-electron chi connectivity index (χ0n) is 11.1. The van der Waals surface area contributed by atoms with E-state index in [0.717, 1.165) is 11.4 Å². The molecule has 110 valence electrons. The summed E-state index contributed by atoms with van der Waals surface area (Å²) in [5.74, 6) is -0.349. The average Bonchev–Trinajstić information content (AvgIpc) is 3.00. The molecule has 1 amide bonds. The molecular weight excluding hydrogens is 390 g/mol. The molecule has 0 bridgehead atoms. The lowest BCUT2D eigenvalue weighted by Crippen LogP contribution is -2.25. The lowest BCUT2D eigenvalue weighted by Gasteiger charge is -2.13. The molecule has 6 nitrogen and oxygen atoms in total. The molecule has 1 fully saturated rings. The maximum absolute atomic E-state index is 13.6. The van der Waals surface area contributed by atoms with Crippen LogP contribution in [0.15, 0.2) is 18.2 Å². The molecule has 2 aromatic rings. The molecule has 1 aliphatic heterocycles. The van der Waals surface area contributed by atoms with Crippen LogP contribution in [-0.2, 0) is 11.2 Å². The van der Waals surface area contributed by atoms with Crippen molar-refractivity contribution in [1.29, 1.82) is 0 Å². The van der Waals surface area contributed by atoms with Gasteiger partial charge in [-0.15, -0.1) is 5.10 Å². The Balaban J connectivity index is 1.75. The zero-order chi connectivity index (χ0) is 15.0. The van der Waals surface area contributed by atoms with Gasteiger partial charge in [-0.25, -0.2) is 9.18 Å². The third-order valence-corrected chi connectivity index (χ3v) is 4.22. The van der Waals surface area contributed by atoms with Crippen molar-refractivity contribution in [1.82, 2.24) is 15.4 Å². The van der Waals surface area contributed by atoms with Gasteiger partial charge in [0.25, 0.3) is 0 Å². The summed E-state index contributed by atoms with van der Waals surface area (Å²) in [5, 5.41) is 10.4. The number of H-pyrrole nitrogens is 1. The highest BCUT2D eigenvalue weighted by Crippen LogP contribution is 2.25. The number of halogens is 2. The van der Waals surface area contributed by atoms with E-state index in [0.29, 0.717) is 22.2 Å². The maximum atomic E-state index is 13.6. The molecule has 21 heavy (non-hydrogen) atoms. The second kappa shape index (κ2) is 5.58. The standard InChI is InChI=1S/C13H12FIN4O2/c1-7-12(17-18-16-7)5-9-6-19(13(20)21-9)8-2-3-11(15)10(14)4-8/h2-4,9H,5-6H2,1H3,(H,16,17,18)/t9-/m1/s1. The molecule has 2 heterocycles. The van der Waals surface area contributed by atoms with Gasteiger partial charge in [-0.1, -0.05) is 5.21 Å². The summed E-state index contributed by atoms with van der Waals surface area (Å²) in [6.45, 7) is 2.21. The molecule has 1 aliphatic rings. The third kappa shape index (κ3) is 2.85. The predicted molar refractivity (Wildman–Crippen MR) is 81.6 cm³/mol. The van der Waals surface area contributed by atoms with Crippen LogP contribution in [-0.4, -0.2) is 34.2 Å². The fourth-order valence-electron chi connectivity index (χ4n) is 2.21. The van der Waals surface area contributed by atoms with Crippen molar-refractivity contribution in [3.05, 3.63) is 39.0 Å². The van der Waals surface area contributed by atoms with E-state index in [9.17, 15) is 9.18 Å². The number of anilines is 1. The van der Waals surface area contributed by atoms with Gasteiger partial charge in [-0.3, -0.25) is 10.00 Å². The van der Waals surface area contributed by atoms with E-state index in [1.54, 1.807) is 12.1 Å². The van der Waals surface area contributed by atoms with Crippen LogP contribution < -0.4 is 4.90 Å². The van der Waals surface area contributed by atoms with Crippen LogP contribution in [0.25, 0.3) is 0 Å². The first-order chi connectivity index (χ1) is 10.0. The number of cyclic esters (lactones) is 1. The summed E-state index contributed by atoms with van der Waals surface area (Å²) in [6, 6.07) is 4.68. The van der Waals surface area contributed by atoms with Gasteiger partial charge >= 0.3 is 6.09 Å². The Kier molecular flexibility index (Phi) is 3.79. The molecule has 1 N–H and O–H groups in total. The number of nitrogens with one attached hydrogen (secondary N) is 1. The van der Waals surface area contributed by atoms with Gasteiger partial charge < -0.3 is 4.74 Å². The van der Waals surface area contributed by atoms with Crippen LogP contribution in [0, 0.1) is 16.3 Å². The Hall–Kier alpha value is -1.71. The Morgan fingerprint density at radius 1 is 1.57 bits per heavy atom. The zero-order valence-corrected chi connectivity index (χ0v) is 13.3. The van der Waals surface area contributed by atoms with Crippen molar-refractivity contribution >= 4 is 34.4 Å². The number of ether oxygens (including phenoxy) is 1. The summed E-state index contributed by atoms with van der Waals surface area (Å²) in [4.78, 5) is 13.4. The van der Waals surface area contributed by atoms with Crippen LogP contribution in [0.5, 0.6) is 0 Å². The van der Waals surface area contributed by atoms with E-state index < -0.39 is 6.09 Å². The summed E-state index contributed by atoms with van der Waals surface area (Å²) < 4.78 is 19.4. The lowest BCUT2D eigenvalue weighted by atomic mass is 10.1. The predicted octanol–water partition coefficient (Wildman–Crippen LogP) is 2.42. The van der Waals surface area contributed by atoms with Crippen LogP contribution in [0.3, 0.4) is 0 Å². The number of aryl methyl sites for hydroxylation is 1. The molecule has 0 radical (unpaired) electrons. The fraction of sp³-hybridized carbons (Fsp3) is 0.308. The molecule has 0 aliphatic carbocycles. The highest BCUT2D eigenvalue weighted by atomic mass is 127. The average molecular weight is 402 g/mol. The Morgan fingerprint density at radius 3 is 3.05 bits per heavy atom. The van der Waals surface area contributed by atoms with E-state index >= 15 is 0 Å². The van der Waals surface area contributed by atoms with Crippen molar-refractivity contribution < 1.29 is 13.9 Å². The van der Waals surface area contributed by atoms with Crippen molar-refractivity contribution in [2.24, 2.45) is 0 Å². The molecule has 0 saturated carbocycles. The Morgan fingerprint density at radius 2 is 2.38 bits per heavy atom. The minimum atomic E-state index is -0.467. The smallest absolute Gasteiger partial charge is 0.414 e. The normalized spacial score (nSPS) is 18.1. The number of hydrogen-bond acceptors (Lipinski definition) is 4. The number of aromatic nitrogens is 3. The van der Waals surface area contributed by atoms with Gasteiger partial charge in [0, 0.05) is 9.99 Å². The van der Waals surface area contributed by atoms with E-state index in [2.05, 4.69) is 15.4 Å². The first kappa shape index (κ1) is 14.2. The first-order valence-corrected chi connectivity index (χ1v) is 7.42. The Labute approximate surface area is 133 Å². The van der Waals surface area contributed by atoms with Crippen LogP contribution in [0.2, 0.25) is 0 Å². The maximum Gasteiger partial charge on any atom is 0.414 e. The highest BCUT2D eigenvalue weighted by Gasteiger charge is 2.33. The van der Waals surface area contributed by atoms with Gasteiger partial charge in [0.15, 0.2) is 0 Å². The molecule has 0 unspecified atom stereocenters. The number of rotatable bonds is 3. The second-order valence-electron chi connectivity index (χ2n) is 4.79. The summed E-state index contributed by atoms with van der Waals surface area (Å²) >= 11 is 1.90. The van der Waals surface area contributed by atoms with E-state index in [1.165, 1.54) is 11.0 Å². The monoisotopic (exact) mass is 402 g/mol. The summed E-state index contributed by atoms with van der Waals surface area (Å²) in [7, 11) is 0. The molecule has 1 atom stereocenters. The third-order valence-electron chi connectivity index (χ3n) is 3.34. The van der Waals surface area contributed by atoms with Gasteiger partial charge in [0.1, 0.15) is 11.9 Å². The van der Waals surface area contributed by atoms with Crippen molar-refractivity contribution in [3.8, 4) is 0 Å². The number of carbonyl (C=O) groups excluding carboxylic acids is 1. The van der Waals surface area contributed by atoms with Crippen LogP contribution >= 0.6 is 22.6 Å². The summed E-state index contributed by atoms with van der Waals surface area (Å²) in [6.07, 6.45) is -0.264. The van der Waals surface area contributed by atoms with E-state index in [-0.39, 0.29) is 11.9 Å². The molecule has 0 spiro atoms. The van der Waals surface area contributed by atoms with Gasteiger partial charge in [-0.05, 0) is 47.7 Å².